The van der Waals surface area contributed by atoms with Crippen molar-refractivity contribution in [1.29, 1.82) is 0 Å². The molecule has 4 nitrogen and oxygen atoms in total. The van der Waals surface area contributed by atoms with Crippen molar-refractivity contribution >= 4 is 11.6 Å². The summed E-state index contributed by atoms with van der Waals surface area (Å²) < 4.78 is 0. The van der Waals surface area contributed by atoms with Crippen LogP contribution in [0.1, 0.15) is 92.4 Å². The summed E-state index contributed by atoms with van der Waals surface area (Å²) in [5.41, 5.74) is -0.412. The molecule has 0 aromatic rings. The molecule has 0 amide bonds. The number of fused-ring (bicyclic) bond motifs is 5. The van der Waals surface area contributed by atoms with Gasteiger partial charge in [0, 0.05) is 24.2 Å². The van der Waals surface area contributed by atoms with Gasteiger partial charge in [0.05, 0.1) is 11.7 Å². The molecule has 0 aliphatic heterocycles. The van der Waals surface area contributed by atoms with Crippen molar-refractivity contribution in [1.82, 2.24) is 0 Å². The van der Waals surface area contributed by atoms with Gasteiger partial charge in [0.25, 0.3) is 0 Å². The molecule has 31 heavy (non-hydrogen) atoms. The van der Waals surface area contributed by atoms with Crippen molar-refractivity contribution < 1.29 is 19.8 Å². The summed E-state index contributed by atoms with van der Waals surface area (Å²) in [4.78, 5) is 25.7. The second-order valence-electron chi connectivity index (χ2n) is 12.3. The number of aliphatic hydroxyl groups is 2. The Labute approximate surface area is 187 Å². The lowest BCUT2D eigenvalue weighted by Crippen LogP contribution is -2.63. The van der Waals surface area contributed by atoms with E-state index in [-0.39, 0.29) is 23.0 Å². The number of Topliss-reactive ketones (excluding diaryl/α,β-unsaturated/α-hetero) is 1. The molecule has 2 N–H and O–H groups in total. The fraction of sp³-hybridized carbons (Fsp3) is 0.852. The Morgan fingerprint density at radius 2 is 1.77 bits per heavy atom. The second-order valence-corrected chi connectivity index (χ2v) is 12.3. The molecular formula is C27H42O4. The molecule has 174 valence electrons. The molecule has 3 saturated carbocycles. The van der Waals surface area contributed by atoms with Crippen LogP contribution in [0.5, 0.6) is 0 Å². The van der Waals surface area contributed by atoms with Gasteiger partial charge in [0.2, 0.25) is 0 Å². The summed E-state index contributed by atoms with van der Waals surface area (Å²) in [6.07, 6.45) is 8.17. The molecule has 4 heteroatoms. The predicted octanol–water partition coefficient (Wildman–Crippen LogP) is 4.86. The number of allylic oxidation sites excluding steroid dienone is 1. The maximum atomic E-state index is 13.2. The third-order valence-corrected chi connectivity index (χ3v) is 10.0. The van der Waals surface area contributed by atoms with Gasteiger partial charge in [-0.1, -0.05) is 34.6 Å². The normalized spacial score (nSPS) is 45.5. The molecular weight excluding hydrogens is 388 g/mol. The Morgan fingerprint density at radius 1 is 1.06 bits per heavy atom. The van der Waals surface area contributed by atoms with Crippen molar-refractivity contribution in [2.24, 2.45) is 40.4 Å². The van der Waals surface area contributed by atoms with E-state index >= 15 is 0 Å². The summed E-state index contributed by atoms with van der Waals surface area (Å²) in [6, 6.07) is 0. The Balaban J connectivity index is 1.61. The maximum absolute atomic E-state index is 13.2. The zero-order chi connectivity index (χ0) is 22.8. The van der Waals surface area contributed by atoms with E-state index in [0.717, 1.165) is 24.8 Å². The highest BCUT2D eigenvalue weighted by atomic mass is 16.3. The highest BCUT2D eigenvalue weighted by Gasteiger charge is 2.66. The van der Waals surface area contributed by atoms with Gasteiger partial charge in [-0.15, -0.1) is 0 Å². The number of aliphatic hydroxyl groups excluding tert-OH is 1. The Bertz CT molecular complexity index is 784. The van der Waals surface area contributed by atoms with Gasteiger partial charge in [-0.05, 0) is 85.7 Å². The lowest BCUT2D eigenvalue weighted by atomic mass is 9.45. The van der Waals surface area contributed by atoms with Crippen LogP contribution in [0.3, 0.4) is 0 Å². The number of carbonyl (C=O) groups excluding carboxylic acids is 2. The van der Waals surface area contributed by atoms with Crippen molar-refractivity contribution in [3.05, 3.63) is 11.6 Å². The molecule has 0 radical (unpaired) electrons. The highest BCUT2D eigenvalue weighted by molar-refractivity contribution is 5.95. The van der Waals surface area contributed by atoms with Crippen LogP contribution >= 0.6 is 0 Å². The number of rotatable bonds is 5. The minimum atomic E-state index is -0.943. The second kappa shape index (κ2) is 7.80. The monoisotopic (exact) mass is 430 g/mol. The highest BCUT2D eigenvalue weighted by Crippen LogP contribution is 2.67. The minimum absolute atomic E-state index is 0.0350. The molecule has 0 heterocycles. The van der Waals surface area contributed by atoms with Crippen LogP contribution in [0, 0.1) is 40.4 Å². The van der Waals surface area contributed by atoms with Crippen molar-refractivity contribution in [2.75, 3.05) is 0 Å². The van der Waals surface area contributed by atoms with Crippen LogP contribution < -0.4 is 0 Å². The van der Waals surface area contributed by atoms with Crippen LogP contribution in [0.4, 0.5) is 0 Å². The molecule has 4 rings (SSSR count). The van der Waals surface area contributed by atoms with Gasteiger partial charge >= 0.3 is 0 Å². The first-order valence-corrected chi connectivity index (χ1v) is 12.6. The standard InChI is InChI=1S/C27H42O4/c1-16(2)12-19(29)13-17(3)20-6-7-21-22-15-24(30)23-14-18(28)8-9-26(23,5)27(22,31)11-10-25(20,21)4/h15-18,20-21,23,28,31H,6-14H2,1-5H3/t17-,18+,20-,21+,23-,25-,26+,27-/m1/s1. The Hall–Kier alpha value is -1.00. The van der Waals surface area contributed by atoms with Gasteiger partial charge in [-0.3, -0.25) is 9.59 Å². The zero-order valence-corrected chi connectivity index (χ0v) is 20.1. The number of hydrogen-bond acceptors (Lipinski definition) is 4. The molecule has 0 spiro atoms. The van der Waals surface area contributed by atoms with Crippen molar-refractivity contribution in [3.8, 4) is 0 Å². The van der Waals surface area contributed by atoms with Crippen LogP contribution in [0.25, 0.3) is 0 Å². The van der Waals surface area contributed by atoms with Crippen molar-refractivity contribution in [2.45, 2.75) is 104 Å². The minimum Gasteiger partial charge on any atom is -0.393 e. The van der Waals surface area contributed by atoms with Crippen molar-refractivity contribution in [3.63, 3.8) is 0 Å². The van der Waals surface area contributed by atoms with E-state index in [0.29, 0.717) is 62.1 Å². The summed E-state index contributed by atoms with van der Waals surface area (Å²) in [5, 5.41) is 22.3. The summed E-state index contributed by atoms with van der Waals surface area (Å²) in [6.45, 7) is 10.9. The molecule has 0 unspecified atom stereocenters. The first-order valence-electron chi connectivity index (χ1n) is 12.6. The largest absolute Gasteiger partial charge is 0.393 e. The third-order valence-electron chi connectivity index (χ3n) is 10.0. The van der Waals surface area contributed by atoms with E-state index < -0.39 is 17.1 Å². The SMILES string of the molecule is CC(C)CC(=O)C[C@@H](C)[C@H]1CC[C@H]2C3=CC(=O)[C@H]4C[C@@H](O)CC[C@]4(C)[C@@]3(O)CC[C@]12C. The van der Waals surface area contributed by atoms with Crippen LogP contribution in [0.2, 0.25) is 0 Å². The molecule has 4 aliphatic rings. The lowest BCUT2D eigenvalue weighted by Gasteiger charge is -2.61. The van der Waals surface area contributed by atoms with Crippen LogP contribution in [-0.2, 0) is 9.59 Å². The molecule has 0 aromatic heterocycles. The Kier molecular flexibility index (Phi) is 5.83. The van der Waals surface area contributed by atoms with Crippen LogP contribution in [0.15, 0.2) is 11.6 Å². The summed E-state index contributed by atoms with van der Waals surface area (Å²) in [7, 11) is 0. The molecule has 8 atom stereocenters. The van der Waals surface area contributed by atoms with Gasteiger partial charge in [-0.2, -0.15) is 0 Å². The number of ketones is 2. The topological polar surface area (TPSA) is 74.6 Å². The molecule has 4 aliphatic carbocycles. The number of hydrogen-bond donors (Lipinski definition) is 2. The average molecular weight is 431 g/mol. The number of carbonyl (C=O) groups is 2. The first kappa shape index (κ1) is 23.2. The quantitative estimate of drug-likeness (QED) is 0.653. The predicted molar refractivity (Wildman–Crippen MR) is 121 cm³/mol. The van der Waals surface area contributed by atoms with E-state index in [1.807, 2.05) is 0 Å². The van der Waals surface area contributed by atoms with E-state index in [4.69, 9.17) is 0 Å². The molecule has 3 fully saturated rings. The smallest absolute Gasteiger partial charge is 0.159 e. The first-order chi connectivity index (χ1) is 14.4. The van der Waals surface area contributed by atoms with E-state index in [1.165, 1.54) is 0 Å². The zero-order valence-electron chi connectivity index (χ0n) is 20.1. The van der Waals surface area contributed by atoms with Gasteiger partial charge < -0.3 is 10.2 Å². The maximum Gasteiger partial charge on any atom is 0.159 e. The van der Waals surface area contributed by atoms with E-state index in [9.17, 15) is 19.8 Å². The van der Waals surface area contributed by atoms with E-state index in [1.54, 1.807) is 6.08 Å². The van der Waals surface area contributed by atoms with Crippen LogP contribution in [-0.4, -0.2) is 33.5 Å². The third kappa shape index (κ3) is 3.47. The molecule has 0 aromatic carbocycles. The summed E-state index contributed by atoms with van der Waals surface area (Å²) in [5.74, 6) is 1.59. The average Bonchev–Trinajstić information content (AvgIpc) is 3.02. The van der Waals surface area contributed by atoms with Gasteiger partial charge in [0.15, 0.2) is 5.78 Å². The lowest BCUT2D eigenvalue weighted by molar-refractivity contribution is -0.166. The van der Waals surface area contributed by atoms with E-state index in [2.05, 4.69) is 34.6 Å². The fourth-order valence-electron chi connectivity index (χ4n) is 8.30. The summed E-state index contributed by atoms with van der Waals surface area (Å²) >= 11 is 0. The fourth-order valence-corrected chi connectivity index (χ4v) is 8.30. The van der Waals surface area contributed by atoms with Gasteiger partial charge in [-0.25, -0.2) is 0 Å². The van der Waals surface area contributed by atoms with Gasteiger partial charge in [0.1, 0.15) is 5.78 Å². The molecule has 0 bridgehead atoms. The Morgan fingerprint density at radius 3 is 2.45 bits per heavy atom. The molecule has 0 saturated heterocycles.